The molecule has 2 N–H and O–H groups in total. The standard InChI is InChI=1S/C16H14N2O3/c1-10(14-7-4-8-21-14)17-16(20)13-9-11-5-2-3-6-12(11)15(19)18-13/h2-10H,1H3,(H,17,20)(H,18,19)/t10-/m1/s1. The van der Waals surface area contributed by atoms with Gasteiger partial charge in [-0.05, 0) is 36.6 Å². The maximum atomic E-state index is 12.2. The highest BCUT2D eigenvalue weighted by molar-refractivity contribution is 5.96. The molecule has 1 aromatic carbocycles. The van der Waals surface area contributed by atoms with Crippen molar-refractivity contribution < 1.29 is 9.21 Å². The molecular weight excluding hydrogens is 268 g/mol. The van der Waals surface area contributed by atoms with Gasteiger partial charge >= 0.3 is 0 Å². The SMILES string of the molecule is C[C@@H](NC(=O)c1cc2ccccc2c(=O)[nH]1)c1ccco1. The quantitative estimate of drug-likeness (QED) is 0.775. The lowest BCUT2D eigenvalue weighted by atomic mass is 10.1. The van der Waals surface area contributed by atoms with Crippen LogP contribution in [0.3, 0.4) is 0 Å². The van der Waals surface area contributed by atoms with Gasteiger partial charge in [-0.25, -0.2) is 0 Å². The van der Waals surface area contributed by atoms with E-state index in [1.165, 1.54) is 0 Å². The predicted molar refractivity (Wildman–Crippen MR) is 79.2 cm³/mol. The van der Waals surface area contributed by atoms with Gasteiger partial charge in [0.2, 0.25) is 0 Å². The largest absolute Gasteiger partial charge is 0.467 e. The third-order valence-corrected chi connectivity index (χ3v) is 3.32. The monoisotopic (exact) mass is 282 g/mol. The second kappa shape index (κ2) is 5.28. The number of rotatable bonds is 3. The number of benzene rings is 1. The fourth-order valence-corrected chi connectivity index (χ4v) is 2.22. The fraction of sp³-hybridized carbons (Fsp3) is 0.125. The Balaban J connectivity index is 1.90. The number of pyridine rings is 1. The smallest absolute Gasteiger partial charge is 0.268 e. The molecule has 0 bridgehead atoms. The van der Waals surface area contributed by atoms with Gasteiger partial charge in [-0.15, -0.1) is 0 Å². The molecule has 1 amide bonds. The number of hydrogen-bond donors (Lipinski definition) is 2. The van der Waals surface area contributed by atoms with Crippen LogP contribution >= 0.6 is 0 Å². The molecule has 3 rings (SSSR count). The highest BCUT2D eigenvalue weighted by Crippen LogP contribution is 2.14. The summed E-state index contributed by atoms with van der Waals surface area (Å²) < 4.78 is 5.24. The first kappa shape index (κ1) is 13.2. The number of hydrogen-bond acceptors (Lipinski definition) is 3. The van der Waals surface area contributed by atoms with Gasteiger partial charge in [0.25, 0.3) is 11.5 Å². The van der Waals surface area contributed by atoms with E-state index in [9.17, 15) is 9.59 Å². The lowest BCUT2D eigenvalue weighted by molar-refractivity contribution is 0.0930. The summed E-state index contributed by atoms with van der Waals surface area (Å²) in [6, 6.07) is 12.1. The zero-order valence-electron chi connectivity index (χ0n) is 11.4. The van der Waals surface area contributed by atoms with Crippen molar-refractivity contribution in [1.29, 1.82) is 0 Å². The van der Waals surface area contributed by atoms with Crippen LogP contribution in [0.25, 0.3) is 10.8 Å². The van der Waals surface area contributed by atoms with E-state index >= 15 is 0 Å². The van der Waals surface area contributed by atoms with E-state index in [1.54, 1.807) is 42.7 Å². The molecule has 0 aliphatic heterocycles. The number of aromatic amines is 1. The molecule has 0 fully saturated rings. The van der Waals surface area contributed by atoms with Crippen LogP contribution in [0.2, 0.25) is 0 Å². The van der Waals surface area contributed by atoms with Gasteiger partial charge in [-0.1, -0.05) is 18.2 Å². The fourth-order valence-electron chi connectivity index (χ4n) is 2.22. The van der Waals surface area contributed by atoms with Gasteiger partial charge in [-0.3, -0.25) is 9.59 Å². The average Bonchev–Trinajstić information content (AvgIpc) is 3.01. The number of H-pyrrole nitrogens is 1. The molecule has 1 atom stereocenters. The number of nitrogens with one attached hydrogen (secondary N) is 2. The summed E-state index contributed by atoms with van der Waals surface area (Å²) in [7, 11) is 0. The number of amides is 1. The molecule has 106 valence electrons. The van der Waals surface area contributed by atoms with E-state index in [0.29, 0.717) is 11.1 Å². The Morgan fingerprint density at radius 3 is 2.81 bits per heavy atom. The zero-order valence-corrected chi connectivity index (χ0v) is 11.4. The van der Waals surface area contributed by atoms with Crippen LogP contribution in [0, 0.1) is 0 Å². The lowest BCUT2D eigenvalue weighted by Gasteiger charge is -2.11. The van der Waals surface area contributed by atoms with E-state index in [0.717, 1.165) is 5.39 Å². The second-order valence-corrected chi connectivity index (χ2v) is 4.81. The van der Waals surface area contributed by atoms with Crippen LogP contribution < -0.4 is 10.9 Å². The Morgan fingerprint density at radius 1 is 1.24 bits per heavy atom. The van der Waals surface area contributed by atoms with Crippen LogP contribution in [0.4, 0.5) is 0 Å². The van der Waals surface area contributed by atoms with Gasteiger partial charge in [0.05, 0.1) is 12.3 Å². The summed E-state index contributed by atoms with van der Waals surface area (Å²) in [6.45, 7) is 1.82. The molecule has 5 heteroatoms. The molecule has 2 aromatic heterocycles. The first-order valence-corrected chi connectivity index (χ1v) is 6.61. The van der Waals surface area contributed by atoms with Crippen molar-refractivity contribution in [3.05, 3.63) is 70.5 Å². The molecular formula is C16H14N2O3. The van der Waals surface area contributed by atoms with Crippen molar-refractivity contribution in [2.24, 2.45) is 0 Å². The van der Waals surface area contributed by atoms with Crippen LogP contribution in [-0.4, -0.2) is 10.9 Å². The van der Waals surface area contributed by atoms with E-state index < -0.39 is 0 Å². The van der Waals surface area contributed by atoms with Crippen molar-refractivity contribution in [2.75, 3.05) is 0 Å². The summed E-state index contributed by atoms with van der Waals surface area (Å²) in [6.07, 6.45) is 1.55. The molecule has 0 saturated heterocycles. The topological polar surface area (TPSA) is 75.1 Å². The number of furan rings is 1. The Kier molecular flexibility index (Phi) is 3.31. The highest BCUT2D eigenvalue weighted by atomic mass is 16.3. The molecule has 0 aliphatic carbocycles. The number of fused-ring (bicyclic) bond motifs is 1. The van der Waals surface area contributed by atoms with Crippen LogP contribution in [0.1, 0.15) is 29.2 Å². The molecule has 2 heterocycles. The molecule has 0 saturated carbocycles. The van der Waals surface area contributed by atoms with Gasteiger partial charge in [0.15, 0.2) is 0 Å². The van der Waals surface area contributed by atoms with E-state index in [1.807, 2.05) is 13.0 Å². The summed E-state index contributed by atoms with van der Waals surface area (Å²) in [5, 5.41) is 4.08. The first-order valence-electron chi connectivity index (χ1n) is 6.61. The van der Waals surface area contributed by atoms with Gasteiger partial charge < -0.3 is 14.7 Å². The van der Waals surface area contributed by atoms with Crippen molar-refractivity contribution in [3.8, 4) is 0 Å². The Labute approximate surface area is 120 Å². The van der Waals surface area contributed by atoms with Crippen LogP contribution in [0.5, 0.6) is 0 Å². The molecule has 0 unspecified atom stereocenters. The molecule has 21 heavy (non-hydrogen) atoms. The molecule has 0 spiro atoms. The van der Waals surface area contributed by atoms with Crippen molar-refractivity contribution in [3.63, 3.8) is 0 Å². The number of aromatic nitrogens is 1. The van der Waals surface area contributed by atoms with E-state index in [-0.39, 0.29) is 23.2 Å². The predicted octanol–water partition coefficient (Wildman–Crippen LogP) is 2.61. The summed E-state index contributed by atoms with van der Waals surface area (Å²) >= 11 is 0. The minimum absolute atomic E-state index is 0.233. The Morgan fingerprint density at radius 2 is 2.05 bits per heavy atom. The summed E-state index contributed by atoms with van der Waals surface area (Å²) in [4.78, 5) is 26.8. The lowest BCUT2D eigenvalue weighted by Crippen LogP contribution is -2.28. The van der Waals surface area contributed by atoms with Crippen LogP contribution in [-0.2, 0) is 0 Å². The minimum Gasteiger partial charge on any atom is -0.467 e. The average molecular weight is 282 g/mol. The molecule has 0 radical (unpaired) electrons. The van der Waals surface area contributed by atoms with Crippen LogP contribution in [0.15, 0.2) is 57.9 Å². The van der Waals surface area contributed by atoms with Crippen molar-refractivity contribution in [1.82, 2.24) is 10.3 Å². The zero-order chi connectivity index (χ0) is 14.8. The molecule has 5 nitrogen and oxygen atoms in total. The van der Waals surface area contributed by atoms with Gasteiger partial charge in [0, 0.05) is 5.39 Å². The van der Waals surface area contributed by atoms with E-state index in [4.69, 9.17) is 4.42 Å². The molecule has 0 aliphatic rings. The number of carbonyl (C=O) groups is 1. The molecule has 3 aromatic rings. The third-order valence-electron chi connectivity index (χ3n) is 3.32. The minimum atomic E-state index is -0.346. The van der Waals surface area contributed by atoms with Gasteiger partial charge in [0.1, 0.15) is 11.5 Å². The normalized spacial score (nSPS) is 12.2. The summed E-state index contributed by atoms with van der Waals surface area (Å²) in [5.41, 5.74) is -0.0407. The summed E-state index contributed by atoms with van der Waals surface area (Å²) in [5.74, 6) is 0.313. The van der Waals surface area contributed by atoms with E-state index in [2.05, 4.69) is 10.3 Å². The van der Waals surface area contributed by atoms with Gasteiger partial charge in [-0.2, -0.15) is 0 Å². The van der Waals surface area contributed by atoms with Crippen molar-refractivity contribution in [2.45, 2.75) is 13.0 Å². The second-order valence-electron chi connectivity index (χ2n) is 4.81. The number of carbonyl (C=O) groups excluding carboxylic acids is 1. The maximum Gasteiger partial charge on any atom is 0.268 e. The Bertz CT molecular complexity index is 834. The first-order chi connectivity index (χ1) is 10.1. The van der Waals surface area contributed by atoms with Crippen molar-refractivity contribution >= 4 is 16.7 Å². The Hall–Kier alpha value is -2.82. The third kappa shape index (κ3) is 2.58. The maximum absolute atomic E-state index is 12.2. The highest BCUT2D eigenvalue weighted by Gasteiger charge is 2.15.